The summed E-state index contributed by atoms with van der Waals surface area (Å²) in [6.07, 6.45) is 5.00. The summed E-state index contributed by atoms with van der Waals surface area (Å²) in [6.45, 7) is 2.19. The number of fused-ring (bicyclic) bond motifs is 1. The zero-order valence-corrected chi connectivity index (χ0v) is 16.2. The Labute approximate surface area is 162 Å². The molecule has 0 saturated heterocycles. The molecule has 144 valence electrons. The van der Waals surface area contributed by atoms with Crippen molar-refractivity contribution in [2.45, 2.75) is 51.1 Å². The molecule has 2 heterocycles. The predicted octanol–water partition coefficient (Wildman–Crippen LogP) is 4.48. The van der Waals surface area contributed by atoms with Gasteiger partial charge in [-0.1, -0.05) is 12.8 Å². The summed E-state index contributed by atoms with van der Waals surface area (Å²) in [5.41, 5.74) is 2.60. The van der Waals surface area contributed by atoms with Gasteiger partial charge in [0, 0.05) is 17.2 Å². The number of esters is 1. The number of benzene rings is 1. The van der Waals surface area contributed by atoms with Gasteiger partial charge in [0.25, 0.3) is 0 Å². The lowest BCUT2D eigenvalue weighted by molar-refractivity contribution is -0.143. The van der Waals surface area contributed by atoms with Crippen LogP contribution in [0, 0.1) is 5.82 Å². The molecule has 7 heteroatoms. The van der Waals surface area contributed by atoms with Crippen LogP contribution in [0.25, 0.3) is 10.9 Å². The molecule has 5 nitrogen and oxygen atoms in total. The molecule has 1 saturated carbocycles. The fourth-order valence-corrected chi connectivity index (χ4v) is 4.84. The minimum absolute atomic E-state index is 0.0664. The molecular weight excluding hydrogens is 365 g/mol. The SMILES string of the molecule is CCOC(=O)C[C@@H]1CSC(c2cc3cc(F)cc(NC4CCCC4)c3[nH]2)=N1. The summed E-state index contributed by atoms with van der Waals surface area (Å²) >= 11 is 1.62. The minimum atomic E-state index is -0.241. The number of halogens is 1. The van der Waals surface area contributed by atoms with Crippen molar-refractivity contribution in [1.29, 1.82) is 0 Å². The van der Waals surface area contributed by atoms with E-state index in [1.807, 2.05) is 6.07 Å². The molecule has 1 aromatic carbocycles. The average Bonchev–Trinajstić information content (AvgIpc) is 3.34. The van der Waals surface area contributed by atoms with Crippen molar-refractivity contribution >= 4 is 39.4 Å². The van der Waals surface area contributed by atoms with Crippen LogP contribution in [-0.2, 0) is 9.53 Å². The van der Waals surface area contributed by atoms with Gasteiger partial charge in [0.15, 0.2) is 0 Å². The predicted molar refractivity (Wildman–Crippen MR) is 108 cm³/mol. The van der Waals surface area contributed by atoms with E-state index >= 15 is 0 Å². The maximum Gasteiger partial charge on any atom is 0.307 e. The van der Waals surface area contributed by atoms with E-state index in [2.05, 4.69) is 15.3 Å². The van der Waals surface area contributed by atoms with Crippen molar-refractivity contribution in [3.63, 3.8) is 0 Å². The van der Waals surface area contributed by atoms with Crippen LogP contribution < -0.4 is 5.32 Å². The zero-order chi connectivity index (χ0) is 18.8. The molecule has 0 unspecified atom stereocenters. The summed E-state index contributed by atoms with van der Waals surface area (Å²) < 4.78 is 19.1. The molecule has 1 fully saturated rings. The van der Waals surface area contributed by atoms with Gasteiger partial charge in [0.1, 0.15) is 10.9 Å². The molecule has 2 aliphatic rings. The molecule has 0 bridgehead atoms. The number of carbonyl (C=O) groups excluding carboxylic acids is 1. The minimum Gasteiger partial charge on any atom is -0.466 e. The lowest BCUT2D eigenvalue weighted by Gasteiger charge is -2.14. The molecular formula is C20H24FN3O2S. The van der Waals surface area contributed by atoms with E-state index in [0.717, 1.165) is 45.9 Å². The maximum absolute atomic E-state index is 14.1. The van der Waals surface area contributed by atoms with Gasteiger partial charge in [0.2, 0.25) is 0 Å². The summed E-state index contributed by atoms with van der Waals surface area (Å²) in [6, 6.07) is 5.40. The number of ether oxygens (including phenoxy) is 1. The Kier molecular flexibility index (Phi) is 5.38. The smallest absolute Gasteiger partial charge is 0.307 e. The Morgan fingerprint density at radius 1 is 1.37 bits per heavy atom. The van der Waals surface area contributed by atoms with Crippen LogP contribution in [0.4, 0.5) is 10.1 Å². The van der Waals surface area contributed by atoms with Crippen molar-refractivity contribution in [1.82, 2.24) is 4.98 Å². The third kappa shape index (κ3) is 4.13. The number of thioether (sulfide) groups is 1. The fraction of sp³-hybridized carbons (Fsp3) is 0.500. The molecule has 0 amide bonds. The summed E-state index contributed by atoms with van der Waals surface area (Å²) in [5, 5.41) is 5.20. The van der Waals surface area contributed by atoms with E-state index in [-0.39, 0.29) is 17.8 Å². The first-order valence-corrected chi connectivity index (χ1v) is 10.6. The number of hydrogen-bond donors (Lipinski definition) is 2. The lowest BCUT2D eigenvalue weighted by Crippen LogP contribution is -2.14. The van der Waals surface area contributed by atoms with Gasteiger partial charge in [-0.3, -0.25) is 9.79 Å². The van der Waals surface area contributed by atoms with Crippen molar-refractivity contribution in [3.8, 4) is 0 Å². The number of H-pyrrole nitrogens is 1. The Morgan fingerprint density at radius 2 is 2.19 bits per heavy atom. The van der Waals surface area contributed by atoms with E-state index in [0.29, 0.717) is 19.1 Å². The Morgan fingerprint density at radius 3 is 2.96 bits per heavy atom. The molecule has 0 spiro atoms. The number of aromatic nitrogens is 1. The van der Waals surface area contributed by atoms with Gasteiger partial charge in [-0.05, 0) is 38.0 Å². The van der Waals surface area contributed by atoms with Gasteiger partial charge in [-0.2, -0.15) is 0 Å². The molecule has 1 aliphatic carbocycles. The number of carbonyl (C=O) groups is 1. The largest absolute Gasteiger partial charge is 0.466 e. The van der Waals surface area contributed by atoms with Crippen molar-refractivity contribution in [3.05, 3.63) is 29.7 Å². The van der Waals surface area contributed by atoms with Crippen LogP contribution in [0.3, 0.4) is 0 Å². The third-order valence-corrected chi connectivity index (χ3v) is 6.21. The second-order valence-electron chi connectivity index (χ2n) is 7.13. The van der Waals surface area contributed by atoms with E-state index in [1.165, 1.54) is 12.8 Å². The highest BCUT2D eigenvalue weighted by atomic mass is 32.2. The summed E-state index contributed by atoms with van der Waals surface area (Å²) in [5.74, 6) is 0.301. The molecule has 1 aliphatic heterocycles. The number of aromatic amines is 1. The maximum atomic E-state index is 14.1. The number of anilines is 1. The second-order valence-corrected chi connectivity index (χ2v) is 8.14. The molecule has 1 aromatic heterocycles. The Hall–Kier alpha value is -2.02. The van der Waals surface area contributed by atoms with Crippen LogP contribution in [0.5, 0.6) is 0 Å². The summed E-state index contributed by atoms with van der Waals surface area (Å²) in [4.78, 5) is 19.7. The van der Waals surface area contributed by atoms with E-state index in [1.54, 1.807) is 30.8 Å². The average molecular weight is 389 g/mol. The van der Waals surface area contributed by atoms with E-state index < -0.39 is 0 Å². The van der Waals surface area contributed by atoms with Crippen molar-refractivity contribution in [2.75, 3.05) is 17.7 Å². The standard InChI is InChI=1S/C20H24FN3O2S/c1-2-26-18(25)10-15-11-27-20(23-15)17-8-12-7-13(21)9-16(19(12)24-17)22-14-5-3-4-6-14/h7-9,14-15,22,24H,2-6,10-11H2,1H3/t15-/m1/s1. The first kappa shape index (κ1) is 18.3. The molecule has 27 heavy (non-hydrogen) atoms. The quantitative estimate of drug-likeness (QED) is 0.715. The normalized spacial score (nSPS) is 20.2. The zero-order valence-electron chi connectivity index (χ0n) is 15.4. The molecule has 2 aromatic rings. The highest BCUT2D eigenvalue weighted by Gasteiger charge is 2.24. The van der Waals surface area contributed by atoms with Crippen LogP contribution in [0.15, 0.2) is 23.2 Å². The number of hydrogen-bond acceptors (Lipinski definition) is 5. The first-order chi connectivity index (χ1) is 13.1. The van der Waals surface area contributed by atoms with E-state index in [9.17, 15) is 9.18 Å². The number of aliphatic imine (C=N–C) groups is 1. The molecule has 4 rings (SSSR count). The van der Waals surface area contributed by atoms with Gasteiger partial charge in [-0.15, -0.1) is 11.8 Å². The topological polar surface area (TPSA) is 66.5 Å². The summed E-state index contributed by atoms with van der Waals surface area (Å²) in [7, 11) is 0. The van der Waals surface area contributed by atoms with Gasteiger partial charge in [0.05, 0.1) is 36.0 Å². The number of nitrogens with zero attached hydrogens (tertiary/aromatic N) is 1. The van der Waals surface area contributed by atoms with Crippen LogP contribution >= 0.6 is 11.8 Å². The number of nitrogens with one attached hydrogen (secondary N) is 2. The van der Waals surface area contributed by atoms with Gasteiger partial charge < -0.3 is 15.0 Å². The monoisotopic (exact) mass is 389 g/mol. The van der Waals surface area contributed by atoms with E-state index in [4.69, 9.17) is 4.74 Å². The third-order valence-electron chi connectivity index (χ3n) is 5.06. The Bertz CT molecular complexity index is 873. The fourth-order valence-electron chi connectivity index (χ4n) is 3.81. The highest BCUT2D eigenvalue weighted by molar-refractivity contribution is 8.14. The van der Waals surface area contributed by atoms with Crippen LogP contribution in [-0.4, -0.2) is 40.4 Å². The van der Waals surface area contributed by atoms with Gasteiger partial charge >= 0.3 is 5.97 Å². The molecule has 1 atom stereocenters. The lowest BCUT2D eigenvalue weighted by atomic mass is 10.2. The molecule has 2 N–H and O–H groups in total. The van der Waals surface area contributed by atoms with Crippen LogP contribution in [0.1, 0.15) is 44.7 Å². The number of rotatable bonds is 6. The first-order valence-electron chi connectivity index (χ1n) is 9.57. The van der Waals surface area contributed by atoms with Crippen LogP contribution in [0.2, 0.25) is 0 Å². The van der Waals surface area contributed by atoms with Crippen molar-refractivity contribution < 1.29 is 13.9 Å². The second kappa shape index (κ2) is 7.92. The molecule has 0 radical (unpaired) electrons. The Balaban J connectivity index is 1.57. The van der Waals surface area contributed by atoms with Gasteiger partial charge in [-0.25, -0.2) is 4.39 Å². The highest BCUT2D eigenvalue weighted by Crippen LogP contribution is 2.32. The van der Waals surface area contributed by atoms with Crippen molar-refractivity contribution in [2.24, 2.45) is 4.99 Å².